The van der Waals surface area contributed by atoms with Gasteiger partial charge >= 0.3 is 0 Å². The van der Waals surface area contributed by atoms with Gasteiger partial charge in [-0.15, -0.1) is 11.6 Å². The second-order valence-electron chi connectivity index (χ2n) is 4.41. The molecule has 3 nitrogen and oxygen atoms in total. The molecule has 3 rings (SSSR count). The van der Waals surface area contributed by atoms with E-state index >= 15 is 0 Å². The van der Waals surface area contributed by atoms with Gasteiger partial charge in [0.15, 0.2) is 11.9 Å². The average Bonchev–Trinajstić information content (AvgIpc) is 2.81. The van der Waals surface area contributed by atoms with Crippen LogP contribution in [-0.2, 0) is 12.3 Å². The highest BCUT2D eigenvalue weighted by Crippen LogP contribution is 2.35. The second kappa shape index (κ2) is 4.58. The zero-order valence-electron chi connectivity index (χ0n) is 10.1. The van der Waals surface area contributed by atoms with Crippen LogP contribution < -0.4 is 4.74 Å². The number of aryl methyl sites for hydroxylation is 1. The van der Waals surface area contributed by atoms with Crippen molar-refractivity contribution in [1.82, 2.24) is 9.97 Å². The van der Waals surface area contributed by atoms with Gasteiger partial charge in [0.2, 0.25) is 0 Å². The lowest BCUT2D eigenvalue weighted by atomic mass is 10.1. The molecule has 18 heavy (non-hydrogen) atoms. The lowest BCUT2D eigenvalue weighted by Crippen LogP contribution is -2.10. The second-order valence-corrected chi connectivity index (χ2v) is 4.68. The van der Waals surface area contributed by atoms with Gasteiger partial charge in [-0.2, -0.15) is 0 Å². The van der Waals surface area contributed by atoms with Crippen LogP contribution in [0.15, 0.2) is 30.3 Å². The van der Waals surface area contributed by atoms with Crippen LogP contribution in [0.3, 0.4) is 0 Å². The molecule has 0 N–H and O–H groups in total. The monoisotopic (exact) mass is 260 g/mol. The van der Waals surface area contributed by atoms with Crippen molar-refractivity contribution in [2.75, 3.05) is 0 Å². The lowest BCUT2D eigenvalue weighted by molar-refractivity contribution is 0.227. The van der Waals surface area contributed by atoms with Crippen LogP contribution in [0, 0.1) is 6.92 Å². The Kier molecular flexibility index (Phi) is 2.92. The maximum atomic E-state index is 5.88. The Hall–Kier alpha value is -1.61. The summed E-state index contributed by atoms with van der Waals surface area (Å²) in [5.41, 5.74) is 2.98. The smallest absolute Gasteiger partial charge is 0.170 e. The molecule has 1 atom stereocenters. The summed E-state index contributed by atoms with van der Waals surface area (Å²) in [6.45, 7) is 1.95. The molecule has 2 heterocycles. The van der Waals surface area contributed by atoms with Crippen molar-refractivity contribution >= 4 is 11.6 Å². The third kappa shape index (κ3) is 2.06. The fraction of sp³-hybridized carbons (Fsp3) is 0.286. The van der Waals surface area contributed by atoms with E-state index in [0.29, 0.717) is 5.88 Å². The molecule has 0 amide bonds. The van der Waals surface area contributed by atoms with Crippen molar-refractivity contribution in [1.29, 1.82) is 0 Å². The fourth-order valence-electron chi connectivity index (χ4n) is 2.20. The van der Waals surface area contributed by atoms with Crippen molar-refractivity contribution in [3.8, 4) is 5.75 Å². The molecule has 1 aromatic heterocycles. The normalized spacial score (nSPS) is 17.3. The quantitative estimate of drug-likeness (QED) is 0.778. The number of hydrogen-bond acceptors (Lipinski definition) is 3. The van der Waals surface area contributed by atoms with Crippen LogP contribution in [0.1, 0.15) is 28.9 Å². The Balaban J connectivity index is 1.92. The van der Waals surface area contributed by atoms with Crippen LogP contribution in [-0.4, -0.2) is 9.97 Å². The van der Waals surface area contributed by atoms with E-state index in [-0.39, 0.29) is 6.10 Å². The first kappa shape index (κ1) is 11.5. The number of benzene rings is 1. The summed E-state index contributed by atoms with van der Waals surface area (Å²) in [6, 6.07) is 9.95. The molecule has 1 aliphatic rings. The van der Waals surface area contributed by atoms with Gasteiger partial charge < -0.3 is 4.74 Å². The molecule has 0 fully saturated rings. The van der Waals surface area contributed by atoms with E-state index in [1.807, 2.05) is 31.2 Å². The minimum Gasteiger partial charge on any atom is -0.482 e. The standard InChI is InChI=1S/C14H13ClN2O/c1-9-6-11(8-15)17-14(16-9)13-7-10-4-2-3-5-12(10)18-13/h2-6,13H,7-8H2,1H3. The molecule has 0 saturated carbocycles. The number of halogens is 1. The molecule has 0 spiro atoms. The number of alkyl halides is 1. The molecular weight excluding hydrogens is 248 g/mol. The predicted octanol–water partition coefficient (Wildman–Crippen LogP) is 3.20. The lowest BCUT2D eigenvalue weighted by Gasteiger charge is -2.10. The average molecular weight is 261 g/mol. The van der Waals surface area contributed by atoms with Crippen molar-refractivity contribution in [3.63, 3.8) is 0 Å². The Labute approximate surface area is 111 Å². The third-order valence-electron chi connectivity index (χ3n) is 3.00. The van der Waals surface area contributed by atoms with E-state index < -0.39 is 0 Å². The highest BCUT2D eigenvalue weighted by Gasteiger charge is 2.26. The molecule has 1 aromatic carbocycles. The number of fused-ring (bicyclic) bond motifs is 1. The first-order valence-corrected chi connectivity index (χ1v) is 6.44. The summed E-state index contributed by atoms with van der Waals surface area (Å²) in [5.74, 6) is 2.05. The predicted molar refractivity (Wildman–Crippen MR) is 69.8 cm³/mol. The highest BCUT2D eigenvalue weighted by molar-refractivity contribution is 6.16. The molecule has 92 valence electrons. The molecular formula is C14H13ClN2O. The molecule has 2 aromatic rings. The molecule has 0 saturated heterocycles. The summed E-state index contributed by atoms with van der Waals surface area (Å²) in [5, 5.41) is 0. The van der Waals surface area contributed by atoms with Crippen molar-refractivity contribution < 1.29 is 4.74 Å². The van der Waals surface area contributed by atoms with Gasteiger partial charge in [-0.05, 0) is 24.6 Å². The van der Waals surface area contributed by atoms with Crippen LogP contribution in [0.25, 0.3) is 0 Å². The van der Waals surface area contributed by atoms with Crippen molar-refractivity contribution in [2.24, 2.45) is 0 Å². The fourth-order valence-corrected chi connectivity index (χ4v) is 2.33. The van der Waals surface area contributed by atoms with Gasteiger partial charge in [0.05, 0.1) is 11.6 Å². The first-order valence-electron chi connectivity index (χ1n) is 5.91. The Morgan fingerprint density at radius 2 is 2.17 bits per heavy atom. The number of para-hydroxylation sites is 1. The van der Waals surface area contributed by atoms with E-state index in [1.165, 1.54) is 5.56 Å². The molecule has 0 bridgehead atoms. The molecule has 0 aliphatic carbocycles. The number of nitrogens with zero attached hydrogens (tertiary/aromatic N) is 2. The van der Waals surface area contributed by atoms with Gasteiger partial charge in [0.1, 0.15) is 5.75 Å². The van der Waals surface area contributed by atoms with Crippen molar-refractivity contribution in [2.45, 2.75) is 25.3 Å². The van der Waals surface area contributed by atoms with Crippen LogP contribution in [0.5, 0.6) is 5.75 Å². The van der Waals surface area contributed by atoms with Gasteiger partial charge in [0.25, 0.3) is 0 Å². The number of aromatic nitrogens is 2. The van der Waals surface area contributed by atoms with Crippen LogP contribution in [0.2, 0.25) is 0 Å². The van der Waals surface area contributed by atoms with Gasteiger partial charge in [-0.3, -0.25) is 0 Å². The minimum absolute atomic E-state index is 0.0933. The molecule has 0 radical (unpaired) electrons. The van der Waals surface area contributed by atoms with Gasteiger partial charge in [-0.1, -0.05) is 18.2 Å². The highest BCUT2D eigenvalue weighted by atomic mass is 35.5. The maximum Gasteiger partial charge on any atom is 0.170 e. The zero-order chi connectivity index (χ0) is 12.5. The van der Waals surface area contributed by atoms with Crippen LogP contribution >= 0.6 is 11.6 Å². The summed E-state index contributed by atoms with van der Waals surface area (Å²) < 4.78 is 5.88. The van der Waals surface area contributed by atoms with E-state index in [0.717, 1.165) is 29.4 Å². The number of rotatable bonds is 2. The topological polar surface area (TPSA) is 35.0 Å². The Morgan fingerprint density at radius 1 is 1.33 bits per heavy atom. The maximum absolute atomic E-state index is 5.88. The van der Waals surface area contributed by atoms with Crippen LogP contribution in [0.4, 0.5) is 0 Å². The zero-order valence-corrected chi connectivity index (χ0v) is 10.8. The Bertz CT molecular complexity index is 561. The summed E-state index contributed by atoms with van der Waals surface area (Å²) in [7, 11) is 0. The minimum atomic E-state index is -0.0933. The van der Waals surface area contributed by atoms with E-state index in [4.69, 9.17) is 16.3 Å². The number of hydrogen-bond donors (Lipinski definition) is 0. The van der Waals surface area contributed by atoms with Gasteiger partial charge in [-0.25, -0.2) is 9.97 Å². The summed E-state index contributed by atoms with van der Waals surface area (Å²) in [6.07, 6.45) is 0.728. The first-order chi connectivity index (χ1) is 8.76. The third-order valence-corrected chi connectivity index (χ3v) is 3.27. The SMILES string of the molecule is Cc1cc(CCl)nc(C2Cc3ccccc3O2)n1. The molecule has 1 unspecified atom stereocenters. The van der Waals surface area contributed by atoms with Crippen molar-refractivity contribution in [3.05, 3.63) is 53.1 Å². The van der Waals surface area contributed by atoms with E-state index in [2.05, 4.69) is 16.0 Å². The largest absolute Gasteiger partial charge is 0.482 e. The molecule has 4 heteroatoms. The molecule has 1 aliphatic heterocycles. The Morgan fingerprint density at radius 3 is 2.94 bits per heavy atom. The van der Waals surface area contributed by atoms with Gasteiger partial charge in [0, 0.05) is 12.1 Å². The number of ether oxygens (including phenoxy) is 1. The summed E-state index contributed by atoms with van der Waals surface area (Å²) in [4.78, 5) is 8.90. The van der Waals surface area contributed by atoms with E-state index in [1.54, 1.807) is 0 Å². The summed E-state index contributed by atoms with van der Waals surface area (Å²) >= 11 is 5.84. The van der Waals surface area contributed by atoms with E-state index in [9.17, 15) is 0 Å².